The largest absolute Gasteiger partial charge is 0.462 e. The van der Waals surface area contributed by atoms with Crippen molar-refractivity contribution in [1.29, 1.82) is 0 Å². The van der Waals surface area contributed by atoms with E-state index in [1.165, 1.54) is 17.0 Å². The Kier molecular flexibility index (Phi) is 11.0. The highest BCUT2D eigenvalue weighted by molar-refractivity contribution is 6.00. The first-order chi connectivity index (χ1) is 18.8. The van der Waals surface area contributed by atoms with Crippen LogP contribution in [-0.4, -0.2) is 56.1 Å². The van der Waals surface area contributed by atoms with Gasteiger partial charge in [0.15, 0.2) is 6.61 Å². The van der Waals surface area contributed by atoms with Gasteiger partial charge in [-0.3, -0.25) is 14.4 Å². The van der Waals surface area contributed by atoms with Gasteiger partial charge in [0.25, 0.3) is 5.91 Å². The first kappa shape index (κ1) is 29.3. The Labute approximate surface area is 227 Å². The van der Waals surface area contributed by atoms with Crippen molar-refractivity contribution in [3.8, 4) is 0 Å². The number of hydrogen-bond acceptors (Lipinski definition) is 8. The van der Waals surface area contributed by atoms with Gasteiger partial charge >= 0.3 is 17.9 Å². The zero-order valence-corrected chi connectivity index (χ0v) is 22.3. The van der Waals surface area contributed by atoms with Crippen LogP contribution < -0.4 is 10.2 Å². The van der Waals surface area contributed by atoms with E-state index < -0.39 is 36.3 Å². The number of esters is 3. The van der Waals surface area contributed by atoms with E-state index in [4.69, 9.17) is 14.2 Å². The standard InChI is InChI=1S/C29H34N2O8/c1-3-5-6-16-38-28(35)21-9-13-24(14-10-21)31-18-22(17-26(31)33)29(36)39-19-25(32)30-23-11-7-20(8-12-23)27(34)37-15-4-2/h7-14,22H,3-6,15-19H2,1-2H3,(H,30,32)/t22-/m1/s1. The molecule has 1 fully saturated rings. The number of nitrogens with zero attached hydrogens (tertiary/aromatic N) is 1. The molecular formula is C29H34N2O8. The molecule has 1 saturated heterocycles. The maximum absolute atomic E-state index is 12.5. The molecule has 1 heterocycles. The van der Waals surface area contributed by atoms with Crippen molar-refractivity contribution >= 4 is 41.1 Å². The molecule has 0 aliphatic carbocycles. The first-order valence-corrected chi connectivity index (χ1v) is 13.1. The third-order valence-corrected chi connectivity index (χ3v) is 6.04. The van der Waals surface area contributed by atoms with E-state index in [1.54, 1.807) is 36.4 Å². The number of carbonyl (C=O) groups excluding carboxylic acids is 5. The van der Waals surface area contributed by atoms with E-state index in [2.05, 4.69) is 12.2 Å². The summed E-state index contributed by atoms with van der Waals surface area (Å²) in [6.45, 7) is 4.25. The number of anilines is 2. The van der Waals surface area contributed by atoms with E-state index in [9.17, 15) is 24.0 Å². The molecule has 2 aromatic rings. The Balaban J connectivity index is 1.45. The normalized spacial score (nSPS) is 14.6. The van der Waals surface area contributed by atoms with Crippen LogP contribution in [0.2, 0.25) is 0 Å². The molecule has 0 bridgehead atoms. The highest BCUT2D eigenvalue weighted by Gasteiger charge is 2.36. The maximum atomic E-state index is 12.5. The SMILES string of the molecule is CCCCCOC(=O)c1ccc(N2C[C@H](C(=O)OCC(=O)Nc3ccc(C(=O)OCCC)cc3)CC2=O)cc1. The van der Waals surface area contributed by atoms with Gasteiger partial charge in [0.1, 0.15) is 0 Å². The molecule has 208 valence electrons. The lowest BCUT2D eigenvalue weighted by Crippen LogP contribution is -2.28. The smallest absolute Gasteiger partial charge is 0.338 e. The Morgan fingerprint density at radius 1 is 0.821 bits per heavy atom. The van der Waals surface area contributed by atoms with E-state index in [-0.39, 0.29) is 18.9 Å². The van der Waals surface area contributed by atoms with Gasteiger partial charge in [-0.2, -0.15) is 0 Å². The van der Waals surface area contributed by atoms with Crippen molar-refractivity contribution < 1.29 is 38.2 Å². The Morgan fingerprint density at radius 2 is 1.44 bits per heavy atom. The molecule has 0 unspecified atom stereocenters. The lowest BCUT2D eigenvalue weighted by atomic mass is 10.1. The molecule has 3 rings (SSSR count). The van der Waals surface area contributed by atoms with Crippen molar-refractivity contribution in [1.82, 2.24) is 0 Å². The summed E-state index contributed by atoms with van der Waals surface area (Å²) in [6.07, 6.45) is 3.51. The molecule has 39 heavy (non-hydrogen) atoms. The van der Waals surface area contributed by atoms with Crippen LogP contribution >= 0.6 is 0 Å². The highest BCUT2D eigenvalue weighted by atomic mass is 16.5. The van der Waals surface area contributed by atoms with Crippen LogP contribution in [0.15, 0.2) is 48.5 Å². The van der Waals surface area contributed by atoms with Crippen LogP contribution in [0.25, 0.3) is 0 Å². The summed E-state index contributed by atoms with van der Waals surface area (Å²) < 4.78 is 15.4. The number of hydrogen-bond donors (Lipinski definition) is 1. The molecule has 1 aliphatic heterocycles. The fourth-order valence-electron chi connectivity index (χ4n) is 3.91. The van der Waals surface area contributed by atoms with Crippen LogP contribution in [0.3, 0.4) is 0 Å². The predicted octanol–water partition coefficient (Wildman–Crippen LogP) is 4.14. The zero-order chi connectivity index (χ0) is 28.2. The van der Waals surface area contributed by atoms with Crippen molar-refractivity contribution in [3.63, 3.8) is 0 Å². The molecule has 2 amide bonds. The molecule has 1 N–H and O–H groups in total. The number of unbranched alkanes of at least 4 members (excludes halogenated alkanes) is 2. The lowest BCUT2D eigenvalue weighted by Gasteiger charge is -2.17. The number of rotatable bonds is 13. The number of amides is 2. The summed E-state index contributed by atoms with van der Waals surface area (Å²) in [5, 5.41) is 2.59. The average molecular weight is 539 g/mol. The fraction of sp³-hybridized carbons (Fsp3) is 0.414. The Morgan fingerprint density at radius 3 is 2.05 bits per heavy atom. The Hall–Kier alpha value is -4.21. The first-order valence-electron chi connectivity index (χ1n) is 13.1. The van der Waals surface area contributed by atoms with Crippen LogP contribution in [0.1, 0.15) is 66.7 Å². The molecule has 0 saturated carbocycles. The zero-order valence-electron chi connectivity index (χ0n) is 22.3. The summed E-state index contributed by atoms with van der Waals surface area (Å²) in [5.41, 5.74) is 1.73. The van der Waals surface area contributed by atoms with Gasteiger partial charge in [-0.05, 0) is 61.4 Å². The minimum absolute atomic E-state index is 0.0444. The van der Waals surface area contributed by atoms with Crippen molar-refractivity contribution in [2.45, 2.75) is 46.0 Å². The topological polar surface area (TPSA) is 128 Å². The molecule has 10 heteroatoms. The van der Waals surface area contributed by atoms with Gasteiger partial charge in [-0.25, -0.2) is 9.59 Å². The molecule has 2 aromatic carbocycles. The van der Waals surface area contributed by atoms with Gasteiger partial charge < -0.3 is 24.4 Å². The molecule has 0 aromatic heterocycles. The summed E-state index contributed by atoms with van der Waals surface area (Å²) in [6, 6.07) is 12.6. The number of nitrogens with one attached hydrogen (secondary N) is 1. The molecular weight excluding hydrogens is 504 g/mol. The minimum atomic E-state index is -0.720. The highest BCUT2D eigenvalue weighted by Crippen LogP contribution is 2.26. The van der Waals surface area contributed by atoms with Crippen molar-refractivity contribution in [2.24, 2.45) is 5.92 Å². The van der Waals surface area contributed by atoms with Gasteiger partial charge in [0.05, 0.1) is 30.3 Å². The third-order valence-electron chi connectivity index (χ3n) is 6.04. The second-order valence-electron chi connectivity index (χ2n) is 9.16. The van der Waals surface area contributed by atoms with Crippen LogP contribution in [0, 0.1) is 5.92 Å². The number of ether oxygens (including phenoxy) is 3. The molecule has 1 aliphatic rings. The molecule has 1 atom stereocenters. The summed E-state index contributed by atoms with van der Waals surface area (Å²) in [4.78, 5) is 62.8. The maximum Gasteiger partial charge on any atom is 0.338 e. The van der Waals surface area contributed by atoms with E-state index in [1.807, 2.05) is 6.92 Å². The molecule has 0 radical (unpaired) electrons. The van der Waals surface area contributed by atoms with Gasteiger partial charge in [-0.15, -0.1) is 0 Å². The number of carbonyl (C=O) groups is 5. The Bertz CT molecular complexity index is 1160. The van der Waals surface area contributed by atoms with Crippen LogP contribution in [0.5, 0.6) is 0 Å². The quantitative estimate of drug-likeness (QED) is 0.229. The lowest BCUT2D eigenvalue weighted by molar-refractivity contribution is -0.151. The van der Waals surface area contributed by atoms with Crippen LogP contribution in [-0.2, 0) is 28.6 Å². The molecule has 10 nitrogen and oxygen atoms in total. The molecule has 0 spiro atoms. The summed E-state index contributed by atoms with van der Waals surface area (Å²) >= 11 is 0. The van der Waals surface area contributed by atoms with Gasteiger partial charge in [0.2, 0.25) is 5.91 Å². The van der Waals surface area contributed by atoms with E-state index in [0.29, 0.717) is 35.7 Å². The second-order valence-corrected chi connectivity index (χ2v) is 9.16. The predicted molar refractivity (Wildman–Crippen MR) is 143 cm³/mol. The van der Waals surface area contributed by atoms with Crippen LogP contribution in [0.4, 0.5) is 11.4 Å². The van der Waals surface area contributed by atoms with Crippen molar-refractivity contribution in [2.75, 3.05) is 36.6 Å². The van der Waals surface area contributed by atoms with E-state index >= 15 is 0 Å². The van der Waals surface area contributed by atoms with Gasteiger partial charge in [-0.1, -0.05) is 26.7 Å². The van der Waals surface area contributed by atoms with Crippen molar-refractivity contribution in [3.05, 3.63) is 59.7 Å². The van der Waals surface area contributed by atoms with E-state index in [0.717, 1.165) is 25.7 Å². The fourth-order valence-corrected chi connectivity index (χ4v) is 3.91. The third kappa shape index (κ3) is 8.66. The summed E-state index contributed by atoms with van der Waals surface area (Å²) in [7, 11) is 0. The van der Waals surface area contributed by atoms with Gasteiger partial charge in [0, 0.05) is 24.3 Å². The average Bonchev–Trinajstić information content (AvgIpc) is 3.34. The minimum Gasteiger partial charge on any atom is -0.462 e. The monoisotopic (exact) mass is 538 g/mol. The second kappa shape index (κ2) is 14.7. The summed E-state index contributed by atoms with van der Waals surface area (Å²) in [5.74, 6) is -3.04. The number of benzene rings is 2.